The van der Waals surface area contributed by atoms with Crippen LogP contribution in [0.2, 0.25) is 0 Å². The van der Waals surface area contributed by atoms with Crippen LogP contribution >= 0.6 is 0 Å². The lowest BCUT2D eigenvalue weighted by Crippen LogP contribution is -2.41. The number of hydrogen-bond acceptors (Lipinski definition) is 2. The first kappa shape index (κ1) is 17.5. The summed E-state index contributed by atoms with van der Waals surface area (Å²) in [5.74, 6) is 0.855. The summed E-state index contributed by atoms with van der Waals surface area (Å²) in [5, 5.41) is 3.24. The Kier molecular flexibility index (Phi) is 4.36. The molecule has 0 aliphatic carbocycles. The van der Waals surface area contributed by atoms with Gasteiger partial charge in [-0.05, 0) is 75.9 Å². The van der Waals surface area contributed by atoms with E-state index in [0.717, 1.165) is 40.0 Å². The van der Waals surface area contributed by atoms with Crippen molar-refractivity contribution in [2.75, 3.05) is 0 Å². The van der Waals surface area contributed by atoms with E-state index in [4.69, 9.17) is 4.74 Å². The van der Waals surface area contributed by atoms with Crippen LogP contribution in [0.4, 0.5) is 0 Å². The Hall–Kier alpha value is -2.29. The van der Waals surface area contributed by atoms with Crippen molar-refractivity contribution in [3.05, 3.63) is 63.7 Å². The lowest BCUT2D eigenvalue weighted by Gasteiger charge is -2.38. The fourth-order valence-corrected chi connectivity index (χ4v) is 3.53. The maximum Gasteiger partial charge on any atom is 0.252 e. The molecular weight excluding hydrogens is 310 g/mol. The van der Waals surface area contributed by atoms with Crippen LogP contribution in [0, 0.1) is 27.7 Å². The minimum atomic E-state index is -0.309. The molecule has 25 heavy (non-hydrogen) atoms. The normalized spacial score (nSPS) is 18.2. The van der Waals surface area contributed by atoms with Crippen molar-refractivity contribution >= 4 is 5.91 Å². The van der Waals surface area contributed by atoms with Crippen molar-refractivity contribution in [3.63, 3.8) is 0 Å². The third kappa shape index (κ3) is 3.55. The van der Waals surface area contributed by atoms with E-state index in [2.05, 4.69) is 57.3 Å². The van der Waals surface area contributed by atoms with Crippen molar-refractivity contribution in [2.45, 2.75) is 59.6 Å². The molecular formula is C22H27NO2. The molecule has 1 aliphatic heterocycles. The number of benzene rings is 2. The molecule has 1 heterocycles. The molecule has 2 aromatic carbocycles. The molecule has 0 fully saturated rings. The molecule has 1 aliphatic rings. The second-order valence-electron chi connectivity index (χ2n) is 7.88. The second kappa shape index (κ2) is 6.21. The van der Waals surface area contributed by atoms with Gasteiger partial charge in [0.15, 0.2) is 0 Å². The zero-order valence-corrected chi connectivity index (χ0v) is 16.0. The van der Waals surface area contributed by atoms with Gasteiger partial charge in [-0.25, -0.2) is 0 Å². The standard InChI is InChI=1S/C22H27NO2/c1-13-7-8-17-19(12-22(5,6)25-20(17)9-13)23-21(24)18-11-15(3)14(2)10-16(18)4/h7-11,19H,12H2,1-6H3,(H,23,24). The van der Waals surface area contributed by atoms with E-state index in [1.807, 2.05) is 19.9 Å². The molecule has 3 nitrogen and oxygen atoms in total. The topological polar surface area (TPSA) is 38.3 Å². The summed E-state index contributed by atoms with van der Waals surface area (Å²) in [6.45, 7) is 12.3. The van der Waals surface area contributed by atoms with Gasteiger partial charge in [0.25, 0.3) is 5.91 Å². The molecule has 0 bridgehead atoms. The van der Waals surface area contributed by atoms with E-state index < -0.39 is 0 Å². The fourth-order valence-electron chi connectivity index (χ4n) is 3.53. The predicted octanol–water partition coefficient (Wildman–Crippen LogP) is 4.95. The van der Waals surface area contributed by atoms with Gasteiger partial charge >= 0.3 is 0 Å². The summed E-state index contributed by atoms with van der Waals surface area (Å²) in [5.41, 5.74) is 6.02. The first-order valence-electron chi connectivity index (χ1n) is 8.84. The van der Waals surface area contributed by atoms with Gasteiger partial charge < -0.3 is 10.1 Å². The Labute approximate surface area is 150 Å². The van der Waals surface area contributed by atoms with Gasteiger partial charge in [-0.1, -0.05) is 18.2 Å². The maximum atomic E-state index is 12.9. The molecule has 0 saturated carbocycles. The Balaban J connectivity index is 1.93. The van der Waals surface area contributed by atoms with Crippen LogP contribution < -0.4 is 10.1 Å². The summed E-state index contributed by atoms with van der Waals surface area (Å²) in [7, 11) is 0. The van der Waals surface area contributed by atoms with E-state index in [1.54, 1.807) is 0 Å². The molecule has 3 heteroatoms. The number of carbonyl (C=O) groups is 1. The van der Waals surface area contributed by atoms with E-state index >= 15 is 0 Å². The van der Waals surface area contributed by atoms with E-state index in [9.17, 15) is 4.79 Å². The van der Waals surface area contributed by atoms with Gasteiger partial charge in [0, 0.05) is 17.5 Å². The van der Waals surface area contributed by atoms with Crippen molar-refractivity contribution in [3.8, 4) is 5.75 Å². The minimum Gasteiger partial charge on any atom is -0.487 e. The highest BCUT2D eigenvalue weighted by atomic mass is 16.5. The monoisotopic (exact) mass is 337 g/mol. The molecule has 1 atom stereocenters. The number of fused-ring (bicyclic) bond motifs is 1. The van der Waals surface area contributed by atoms with Gasteiger partial charge in [-0.2, -0.15) is 0 Å². The lowest BCUT2D eigenvalue weighted by molar-refractivity contribution is 0.0619. The molecule has 2 aromatic rings. The lowest BCUT2D eigenvalue weighted by atomic mass is 9.88. The molecule has 0 spiro atoms. The summed E-state index contributed by atoms with van der Waals surface area (Å²) in [4.78, 5) is 12.9. The molecule has 0 radical (unpaired) electrons. The summed E-state index contributed by atoms with van der Waals surface area (Å²) in [6.07, 6.45) is 0.749. The molecule has 132 valence electrons. The Morgan fingerprint density at radius 3 is 2.44 bits per heavy atom. The van der Waals surface area contributed by atoms with E-state index in [-0.39, 0.29) is 17.6 Å². The molecule has 1 unspecified atom stereocenters. The van der Waals surface area contributed by atoms with E-state index in [1.165, 1.54) is 5.56 Å². The summed E-state index contributed by atoms with van der Waals surface area (Å²) >= 11 is 0. The van der Waals surface area contributed by atoms with Crippen LogP contribution in [-0.4, -0.2) is 11.5 Å². The maximum absolute atomic E-state index is 12.9. The SMILES string of the molecule is Cc1ccc2c(c1)OC(C)(C)CC2NC(=O)c1cc(C)c(C)cc1C. The number of hydrogen-bond donors (Lipinski definition) is 1. The van der Waals surface area contributed by atoms with Crippen LogP contribution in [0.1, 0.15) is 64.5 Å². The number of amides is 1. The minimum absolute atomic E-state index is 0.0187. The Morgan fingerprint density at radius 2 is 1.72 bits per heavy atom. The number of carbonyl (C=O) groups excluding carboxylic acids is 1. The fraction of sp³-hybridized carbons (Fsp3) is 0.409. The average Bonchev–Trinajstić information content (AvgIpc) is 2.49. The summed E-state index contributed by atoms with van der Waals surface area (Å²) in [6, 6.07) is 10.2. The number of aryl methyl sites for hydroxylation is 4. The predicted molar refractivity (Wildman–Crippen MR) is 101 cm³/mol. The molecule has 1 amide bonds. The van der Waals surface area contributed by atoms with Gasteiger partial charge in [-0.15, -0.1) is 0 Å². The number of ether oxygens (including phenoxy) is 1. The highest BCUT2D eigenvalue weighted by Crippen LogP contribution is 2.40. The molecule has 0 saturated heterocycles. The number of rotatable bonds is 2. The molecule has 0 aromatic heterocycles. The van der Waals surface area contributed by atoms with Crippen molar-refractivity contribution in [1.29, 1.82) is 0 Å². The van der Waals surface area contributed by atoms with Crippen molar-refractivity contribution in [2.24, 2.45) is 0 Å². The second-order valence-corrected chi connectivity index (χ2v) is 7.88. The first-order chi connectivity index (χ1) is 11.7. The van der Waals surface area contributed by atoms with E-state index in [0.29, 0.717) is 0 Å². The van der Waals surface area contributed by atoms with Crippen LogP contribution in [0.15, 0.2) is 30.3 Å². The van der Waals surface area contributed by atoms with Gasteiger partial charge in [0.2, 0.25) is 0 Å². The largest absolute Gasteiger partial charge is 0.487 e. The van der Waals surface area contributed by atoms with Crippen LogP contribution in [0.5, 0.6) is 5.75 Å². The molecule has 1 N–H and O–H groups in total. The highest BCUT2D eigenvalue weighted by molar-refractivity contribution is 5.96. The first-order valence-corrected chi connectivity index (χ1v) is 8.84. The Morgan fingerprint density at radius 1 is 1.04 bits per heavy atom. The van der Waals surface area contributed by atoms with Crippen LogP contribution in [-0.2, 0) is 0 Å². The quantitative estimate of drug-likeness (QED) is 0.842. The van der Waals surface area contributed by atoms with Crippen LogP contribution in [0.3, 0.4) is 0 Å². The van der Waals surface area contributed by atoms with Gasteiger partial charge in [-0.3, -0.25) is 4.79 Å². The zero-order valence-electron chi connectivity index (χ0n) is 16.0. The molecule has 3 rings (SSSR count). The summed E-state index contributed by atoms with van der Waals surface area (Å²) < 4.78 is 6.12. The van der Waals surface area contributed by atoms with Crippen molar-refractivity contribution < 1.29 is 9.53 Å². The third-order valence-electron chi connectivity index (χ3n) is 5.02. The van der Waals surface area contributed by atoms with Gasteiger partial charge in [0.05, 0.1) is 6.04 Å². The van der Waals surface area contributed by atoms with Crippen molar-refractivity contribution in [1.82, 2.24) is 5.32 Å². The third-order valence-corrected chi connectivity index (χ3v) is 5.02. The highest BCUT2D eigenvalue weighted by Gasteiger charge is 2.34. The van der Waals surface area contributed by atoms with Gasteiger partial charge in [0.1, 0.15) is 11.4 Å². The average molecular weight is 337 g/mol. The smallest absolute Gasteiger partial charge is 0.252 e. The van der Waals surface area contributed by atoms with Crippen LogP contribution in [0.25, 0.3) is 0 Å². The zero-order chi connectivity index (χ0) is 18.4. The Bertz CT molecular complexity index is 836. The number of nitrogens with one attached hydrogen (secondary N) is 1.